The highest BCUT2D eigenvalue weighted by atomic mass is 35.5. The molecule has 3 aromatic carbocycles. The molecule has 2 aliphatic rings. The number of fused-ring (bicyclic) bond motifs is 2. The molecule has 0 radical (unpaired) electrons. The molecule has 3 amide bonds. The molecular formula is C40H46ClN5O4. The average molecular weight is 696 g/mol. The summed E-state index contributed by atoms with van der Waals surface area (Å²) in [5, 5.41) is 4.81. The third kappa shape index (κ3) is 8.11. The molecule has 1 fully saturated rings. The maximum Gasteiger partial charge on any atom is 0.254 e. The number of hydrogen-bond donors (Lipinski definition) is 2. The monoisotopic (exact) mass is 695 g/mol. The fourth-order valence-electron chi connectivity index (χ4n) is 7.64. The Balaban J connectivity index is 1.14. The van der Waals surface area contributed by atoms with E-state index in [4.69, 9.17) is 11.6 Å². The second-order valence-electron chi connectivity index (χ2n) is 14.1. The second kappa shape index (κ2) is 15.6. The van der Waals surface area contributed by atoms with Crippen LogP contribution in [0.5, 0.6) is 0 Å². The van der Waals surface area contributed by atoms with Crippen molar-refractivity contribution in [1.82, 2.24) is 20.1 Å². The van der Waals surface area contributed by atoms with E-state index in [2.05, 4.69) is 15.2 Å². The van der Waals surface area contributed by atoms with Crippen LogP contribution in [0.1, 0.15) is 64.4 Å². The Hall–Kier alpha value is -4.47. The Morgan fingerprint density at radius 3 is 2.42 bits per heavy atom. The summed E-state index contributed by atoms with van der Waals surface area (Å²) >= 11 is 6.40. The minimum absolute atomic E-state index is 0.125. The molecule has 4 aromatic rings. The molecule has 2 aliphatic heterocycles. The third-order valence-corrected chi connectivity index (χ3v) is 10.4. The Morgan fingerprint density at radius 2 is 1.68 bits per heavy atom. The molecule has 1 aromatic heterocycles. The number of H-pyrrole nitrogens is 1. The van der Waals surface area contributed by atoms with E-state index in [1.54, 1.807) is 29.2 Å². The lowest BCUT2D eigenvalue weighted by Gasteiger charge is -2.37. The van der Waals surface area contributed by atoms with Gasteiger partial charge in [-0.15, -0.1) is 0 Å². The number of Topliss-reactive ketones (excluding diaryl/α,β-unsaturated/α-hetero) is 1. The number of rotatable bonds is 11. The van der Waals surface area contributed by atoms with Gasteiger partial charge in [0.15, 0.2) is 5.78 Å². The first kappa shape index (κ1) is 35.4. The topological polar surface area (TPSA) is 106 Å². The normalized spacial score (nSPS) is 17.1. The summed E-state index contributed by atoms with van der Waals surface area (Å²) < 4.78 is 0. The number of amides is 3. The van der Waals surface area contributed by atoms with Gasteiger partial charge in [0.05, 0.1) is 5.56 Å². The van der Waals surface area contributed by atoms with Crippen molar-refractivity contribution in [2.24, 2.45) is 11.8 Å². The predicted molar refractivity (Wildman–Crippen MR) is 198 cm³/mol. The van der Waals surface area contributed by atoms with Gasteiger partial charge in [-0.3, -0.25) is 19.2 Å². The number of carbonyl (C=O) groups excluding carboxylic acids is 4. The Bertz CT molecular complexity index is 1880. The van der Waals surface area contributed by atoms with Gasteiger partial charge in [-0.2, -0.15) is 0 Å². The summed E-state index contributed by atoms with van der Waals surface area (Å²) in [6.07, 6.45) is 5.62. The molecule has 0 aliphatic carbocycles. The lowest BCUT2D eigenvalue weighted by Crippen LogP contribution is -2.53. The highest BCUT2D eigenvalue weighted by Gasteiger charge is 2.34. The zero-order chi connectivity index (χ0) is 35.4. The summed E-state index contributed by atoms with van der Waals surface area (Å²) in [7, 11) is 4.07. The van der Waals surface area contributed by atoms with Crippen molar-refractivity contribution in [2.75, 3.05) is 45.2 Å². The number of ketones is 1. The first-order chi connectivity index (χ1) is 24.1. The fourth-order valence-corrected chi connectivity index (χ4v) is 7.84. The molecule has 0 saturated carbocycles. The number of para-hydroxylation sites is 1. The van der Waals surface area contributed by atoms with Gasteiger partial charge in [-0.1, -0.05) is 48.0 Å². The van der Waals surface area contributed by atoms with Crippen LogP contribution >= 0.6 is 11.6 Å². The highest BCUT2D eigenvalue weighted by molar-refractivity contribution is 6.30. The van der Waals surface area contributed by atoms with Crippen molar-refractivity contribution in [1.29, 1.82) is 0 Å². The van der Waals surface area contributed by atoms with Crippen LogP contribution in [-0.4, -0.2) is 84.6 Å². The number of aromatic amines is 1. The van der Waals surface area contributed by atoms with E-state index >= 15 is 0 Å². The zero-order valence-electron chi connectivity index (χ0n) is 29.1. The number of carbonyl (C=O) groups is 4. The number of piperidine rings is 1. The van der Waals surface area contributed by atoms with Gasteiger partial charge in [0, 0.05) is 72.4 Å². The molecule has 0 unspecified atom stereocenters. The van der Waals surface area contributed by atoms with Crippen LogP contribution in [0, 0.1) is 11.8 Å². The van der Waals surface area contributed by atoms with E-state index in [9.17, 15) is 19.2 Å². The third-order valence-electron chi connectivity index (χ3n) is 10.1. The van der Waals surface area contributed by atoms with Gasteiger partial charge in [0.1, 0.15) is 6.04 Å². The number of nitrogens with one attached hydrogen (secondary N) is 2. The van der Waals surface area contributed by atoms with Crippen LogP contribution in [0.3, 0.4) is 0 Å². The fraction of sp³-hybridized carbons (Fsp3) is 0.400. The van der Waals surface area contributed by atoms with Crippen LogP contribution in [-0.2, 0) is 22.4 Å². The van der Waals surface area contributed by atoms with E-state index < -0.39 is 6.04 Å². The van der Waals surface area contributed by atoms with Crippen molar-refractivity contribution in [2.45, 2.75) is 51.5 Å². The van der Waals surface area contributed by atoms with Gasteiger partial charge in [0.2, 0.25) is 11.8 Å². The van der Waals surface area contributed by atoms with Crippen molar-refractivity contribution in [3.8, 4) is 0 Å². The lowest BCUT2D eigenvalue weighted by molar-refractivity contribution is -0.127. The first-order valence-corrected chi connectivity index (χ1v) is 17.9. The van der Waals surface area contributed by atoms with E-state index in [0.29, 0.717) is 55.0 Å². The molecule has 10 heteroatoms. The first-order valence-electron chi connectivity index (χ1n) is 17.6. The number of anilines is 1. The minimum atomic E-state index is -0.760. The largest absolute Gasteiger partial charge is 0.361 e. The molecular weight excluding hydrogens is 650 g/mol. The molecule has 0 spiro atoms. The van der Waals surface area contributed by atoms with E-state index in [1.165, 1.54) is 6.92 Å². The van der Waals surface area contributed by atoms with Crippen molar-refractivity contribution in [3.05, 3.63) is 100 Å². The number of halogens is 1. The number of hydrogen-bond acceptors (Lipinski definition) is 5. The summed E-state index contributed by atoms with van der Waals surface area (Å²) in [4.78, 5) is 62.6. The Morgan fingerprint density at radius 1 is 0.960 bits per heavy atom. The highest BCUT2D eigenvalue weighted by Crippen LogP contribution is 2.33. The van der Waals surface area contributed by atoms with Crippen LogP contribution in [0.25, 0.3) is 10.9 Å². The molecule has 6 rings (SSSR count). The van der Waals surface area contributed by atoms with E-state index in [0.717, 1.165) is 53.5 Å². The maximum atomic E-state index is 14.6. The predicted octanol–water partition coefficient (Wildman–Crippen LogP) is 6.15. The van der Waals surface area contributed by atoms with Crippen LogP contribution < -0.4 is 10.2 Å². The molecule has 9 nitrogen and oxygen atoms in total. The quantitative estimate of drug-likeness (QED) is 0.183. The zero-order valence-corrected chi connectivity index (χ0v) is 29.8. The molecule has 50 heavy (non-hydrogen) atoms. The summed E-state index contributed by atoms with van der Waals surface area (Å²) in [5.41, 5.74) is 4.73. The van der Waals surface area contributed by atoms with Gasteiger partial charge >= 0.3 is 0 Å². The average Bonchev–Trinajstić information content (AvgIpc) is 3.51. The summed E-state index contributed by atoms with van der Waals surface area (Å²) in [6, 6.07) is 19.9. The molecule has 2 N–H and O–H groups in total. The minimum Gasteiger partial charge on any atom is -0.361 e. The van der Waals surface area contributed by atoms with E-state index in [-0.39, 0.29) is 35.3 Å². The number of benzene rings is 3. The Kier molecular flexibility index (Phi) is 11.0. The molecule has 3 heterocycles. The molecule has 1 saturated heterocycles. The van der Waals surface area contributed by atoms with Crippen molar-refractivity contribution >= 4 is 51.7 Å². The SMILES string of the molecule is CC(=O)c1ccccc1C(=O)N1CCC(CCC(=O)N[C@H](Cc2c[nH]c3ccccc23)C(=O)N2C[C@@H](CN(C)C)Cc3cc(Cl)ccc32)CC1. The van der Waals surface area contributed by atoms with Crippen molar-refractivity contribution in [3.63, 3.8) is 0 Å². The number of nitrogens with zero attached hydrogens (tertiary/aromatic N) is 3. The Labute approximate surface area is 299 Å². The smallest absolute Gasteiger partial charge is 0.254 e. The molecule has 0 bridgehead atoms. The molecule has 262 valence electrons. The van der Waals surface area contributed by atoms with E-state index in [1.807, 2.05) is 67.7 Å². The summed E-state index contributed by atoms with van der Waals surface area (Å²) in [5.74, 6) is -0.0404. The molecule has 2 atom stereocenters. The standard InChI is InChI=1S/C40H46ClN5O4/c1-26(47)32-8-4-5-10-34(32)39(49)45-18-16-27(17-19-45)12-15-38(48)43-36(22-30-23-42-35-11-7-6-9-33(30)35)40(50)46-25-28(24-44(2)3)20-29-21-31(41)13-14-37(29)46/h4-11,13-14,21,23,27-28,36,42H,12,15-20,22,24-25H2,1-3H3,(H,43,48)/t28-,36-/m1/s1. The van der Waals surface area contributed by atoms with Gasteiger partial charge < -0.3 is 25.0 Å². The number of aromatic nitrogens is 1. The van der Waals surface area contributed by atoms with Gasteiger partial charge in [0.25, 0.3) is 5.91 Å². The van der Waals surface area contributed by atoms with Crippen LogP contribution in [0.2, 0.25) is 5.02 Å². The van der Waals surface area contributed by atoms with Gasteiger partial charge in [-0.25, -0.2) is 0 Å². The number of likely N-dealkylation sites (tertiary alicyclic amines) is 1. The van der Waals surface area contributed by atoms with Crippen LogP contribution in [0.4, 0.5) is 5.69 Å². The second-order valence-corrected chi connectivity index (χ2v) is 14.6. The van der Waals surface area contributed by atoms with Gasteiger partial charge in [-0.05, 0) is 100.0 Å². The summed E-state index contributed by atoms with van der Waals surface area (Å²) in [6.45, 7) is 4.01. The van der Waals surface area contributed by atoms with Crippen LogP contribution in [0.15, 0.2) is 72.9 Å². The maximum absolute atomic E-state index is 14.6. The lowest BCUT2D eigenvalue weighted by atomic mass is 9.90. The van der Waals surface area contributed by atoms with Crippen molar-refractivity contribution < 1.29 is 19.2 Å².